The van der Waals surface area contributed by atoms with Gasteiger partial charge in [-0.2, -0.15) is 0 Å². The van der Waals surface area contributed by atoms with Gasteiger partial charge in [0.1, 0.15) is 0 Å². The maximum atomic E-state index is 15.2. The first kappa shape index (κ1) is 16.0. The second-order valence-corrected chi connectivity index (χ2v) is 9.56. The molecule has 0 saturated carbocycles. The molecule has 0 aliphatic carbocycles. The molecule has 3 rings (SSSR count). The summed E-state index contributed by atoms with van der Waals surface area (Å²) in [7, 11) is 0. The Bertz CT molecular complexity index is 599. The molecule has 3 heteroatoms. The number of aryl methyl sites for hydroxylation is 2. The Morgan fingerprint density at radius 3 is 1.68 bits per heavy atom. The Labute approximate surface area is 141 Å². The molecule has 0 N–H and O–H groups in total. The molecule has 1 aliphatic heterocycles. The zero-order valence-corrected chi connectivity index (χ0v) is 15.2. The first-order valence-electron chi connectivity index (χ1n) is 7.62. The molecule has 1 aliphatic rings. The van der Waals surface area contributed by atoms with Gasteiger partial charge in [0.05, 0.1) is 0 Å². The number of halogens is 2. The zero-order valence-electron chi connectivity index (χ0n) is 12.9. The number of benzene rings is 2. The van der Waals surface area contributed by atoms with E-state index in [0.717, 1.165) is 33.1 Å². The van der Waals surface area contributed by atoms with Crippen LogP contribution in [0.2, 0.25) is 4.47 Å². The summed E-state index contributed by atoms with van der Waals surface area (Å²) in [6.45, 7) is 3.99. The van der Waals surface area contributed by atoms with Crippen LogP contribution in [-0.2, 0) is 5.41 Å². The SMILES string of the molecule is Cc1ccc(C2(c3ccc(C)cc3)CCC[Te]C2(F)F)cc1. The molecule has 0 amide bonds. The van der Waals surface area contributed by atoms with Crippen molar-refractivity contribution in [2.75, 3.05) is 0 Å². The van der Waals surface area contributed by atoms with Crippen LogP contribution in [0.1, 0.15) is 35.1 Å². The van der Waals surface area contributed by atoms with Crippen molar-refractivity contribution in [1.29, 1.82) is 0 Å². The van der Waals surface area contributed by atoms with Gasteiger partial charge in [-0.3, -0.25) is 0 Å². The number of alkyl halides is 2. The second kappa shape index (κ2) is 5.95. The summed E-state index contributed by atoms with van der Waals surface area (Å²) in [4.78, 5) is 0. The zero-order chi connectivity index (χ0) is 15.8. The first-order chi connectivity index (χ1) is 10.5. The van der Waals surface area contributed by atoms with Gasteiger partial charge in [0.25, 0.3) is 0 Å². The third-order valence-corrected chi connectivity index (χ3v) is 8.00. The number of rotatable bonds is 2. The Hall–Kier alpha value is -0.910. The Balaban J connectivity index is 2.21. The first-order valence-corrected chi connectivity index (χ1v) is 10.4. The topological polar surface area (TPSA) is 0 Å². The molecule has 22 heavy (non-hydrogen) atoms. The van der Waals surface area contributed by atoms with Crippen molar-refractivity contribution in [2.45, 2.75) is 40.5 Å². The quantitative estimate of drug-likeness (QED) is 0.601. The molecule has 0 nitrogen and oxygen atoms in total. The van der Waals surface area contributed by atoms with Crippen molar-refractivity contribution in [3.63, 3.8) is 0 Å². The van der Waals surface area contributed by atoms with E-state index in [1.54, 1.807) is 0 Å². The molecule has 0 unspecified atom stereocenters. The van der Waals surface area contributed by atoms with Crippen molar-refractivity contribution < 1.29 is 8.78 Å². The molecule has 1 saturated heterocycles. The van der Waals surface area contributed by atoms with Crippen LogP contribution in [-0.4, -0.2) is 24.9 Å². The van der Waals surface area contributed by atoms with Crippen LogP contribution < -0.4 is 0 Å². The summed E-state index contributed by atoms with van der Waals surface area (Å²) in [5, 5.41) is 0. The number of hydrogen-bond acceptors (Lipinski definition) is 0. The molecule has 1 heterocycles. The van der Waals surface area contributed by atoms with Crippen LogP contribution in [0.25, 0.3) is 0 Å². The minimum atomic E-state index is -2.58. The fourth-order valence-electron chi connectivity index (χ4n) is 3.27. The number of hydrogen-bond donors (Lipinski definition) is 0. The molecular formula is C19H20F2Te. The van der Waals surface area contributed by atoms with Crippen molar-refractivity contribution in [3.8, 4) is 0 Å². The van der Waals surface area contributed by atoms with Crippen molar-refractivity contribution >= 4 is 20.9 Å². The average Bonchev–Trinajstić information content (AvgIpc) is 2.49. The van der Waals surface area contributed by atoms with Crippen LogP contribution in [0.15, 0.2) is 48.5 Å². The Kier molecular flexibility index (Phi) is 4.31. The van der Waals surface area contributed by atoms with Gasteiger partial charge in [-0.1, -0.05) is 0 Å². The summed E-state index contributed by atoms with van der Waals surface area (Å²) < 4.78 is 28.5. The Morgan fingerprint density at radius 1 is 0.818 bits per heavy atom. The van der Waals surface area contributed by atoms with Crippen LogP contribution in [0.3, 0.4) is 0 Å². The van der Waals surface area contributed by atoms with E-state index < -0.39 is 30.3 Å². The normalized spacial score (nSPS) is 19.8. The average molecular weight is 414 g/mol. The molecule has 2 aromatic carbocycles. The monoisotopic (exact) mass is 416 g/mol. The van der Waals surface area contributed by atoms with Gasteiger partial charge in [0, 0.05) is 0 Å². The summed E-state index contributed by atoms with van der Waals surface area (Å²) >= 11 is -1.32. The van der Waals surface area contributed by atoms with Gasteiger partial charge in [-0.25, -0.2) is 0 Å². The van der Waals surface area contributed by atoms with E-state index >= 15 is 8.78 Å². The van der Waals surface area contributed by atoms with Crippen LogP contribution >= 0.6 is 0 Å². The van der Waals surface area contributed by atoms with Gasteiger partial charge < -0.3 is 0 Å². The van der Waals surface area contributed by atoms with Gasteiger partial charge in [-0.15, -0.1) is 0 Å². The predicted octanol–water partition coefficient (Wildman–Crippen LogP) is 5.10. The summed E-state index contributed by atoms with van der Waals surface area (Å²) in [6.07, 6.45) is 1.44. The Morgan fingerprint density at radius 2 is 1.27 bits per heavy atom. The molecule has 0 bridgehead atoms. The third-order valence-electron chi connectivity index (χ3n) is 4.57. The van der Waals surface area contributed by atoms with Gasteiger partial charge >= 0.3 is 141 Å². The second-order valence-electron chi connectivity index (χ2n) is 6.11. The van der Waals surface area contributed by atoms with E-state index in [2.05, 4.69) is 0 Å². The van der Waals surface area contributed by atoms with E-state index in [-0.39, 0.29) is 0 Å². The van der Waals surface area contributed by atoms with Crippen LogP contribution in [0, 0.1) is 13.8 Å². The molecular weight excluding hydrogens is 394 g/mol. The minimum absolute atomic E-state index is 0.539. The third kappa shape index (κ3) is 2.59. The predicted molar refractivity (Wildman–Crippen MR) is 87.9 cm³/mol. The summed E-state index contributed by atoms with van der Waals surface area (Å²) in [5.74, 6) is 0. The maximum absolute atomic E-state index is 15.2. The summed E-state index contributed by atoms with van der Waals surface area (Å²) in [6, 6.07) is 15.4. The van der Waals surface area contributed by atoms with E-state index in [9.17, 15) is 0 Å². The molecule has 0 spiro atoms. The molecule has 0 atom stereocenters. The van der Waals surface area contributed by atoms with Crippen molar-refractivity contribution in [2.24, 2.45) is 0 Å². The fraction of sp³-hybridized carbons (Fsp3) is 0.368. The fourth-order valence-corrected chi connectivity index (χ4v) is 6.50. The molecule has 0 aromatic heterocycles. The van der Waals surface area contributed by atoms with Crippen molar-refractivity contribution in [1.82, 2.24) is 0 Å². The standard InChI is InChI=1S/C19H20F2Te/c1-14-4-8-16(9-5-14)18(12-3-13-22-19(18,20)21)17-10-6-15(2)7-11-17/h4-11H,3,12-13H2,1-2H3. The summed E-state index contributed by atoms with van der Waals surface area (Å²) in [5.41, 5.74) is 2.64. The van der Waals surface area contributed by atoms with E-state index in [4.69, 9.17) is 0 Å². The van der Waals surface area contributed by atoms with Crippen LogP contribution in [0.4, 0.5) is 8.78 Å². The molecule has 116 valence electrons. The van der Waals surface area contributed by atoms with Gasteiger partial charge in [0.2, 0.25) is 0 Å². The van der Waals surface area contributed by atoms with Gasteiger partial charge in [0.15, 0.2) is 0 Å². The van der Waals surface area contributed by atoms with Crippen molar-refractivity contribution in [3.05, 3.63) is 70.8 Å². The molecule has 0 radical (unpaired) electrons. The molecule has 2 aromatic rings. The van der Waals surface area contributed by atoms with E-state index in [0.29, 0.717) is 6.42 Å². The van der Waals surface area contributed by atoms with E-state index in [1.165, 1.54) is 0 Å². The van der Waals surface area contributed by atoms with Gasteiger partial charge in [-0.05, 0) is 0 Å². The van der Waals surface area contributed by atoms with Crippen LogP contribution in [0.5, 0.6) is 0 Å². The van der Waals surface area contributed by atoms with E-state index in [1.807, 2.05) is 62.4 Å². The molecule has 1 fully saturated rings.